The highest BCUT2D eigenvalue weighted by Crippen LogP contribution is 2.13. The first kappa shape index (κ1) is 9.68. The topological polar surface area (TPSA) is 40.5 Å². The van der Waals surface area contributed by atoms with Gasteiger partial charge in [0.2, 0.25) is 5.91 Å². The zero-order chi connectivity index (χ0) is 9.97. The van der Waals surface area contributed by atoms with Crippen LogP contribution in [0.25, 0.3) is 0 Å². The first-order valence-electron chi connectivity index (χ1n) is 4.72. The molecular formula is C10H13NO2S. The summed E-state index contributed by atoms with van der Waals surface area (Å²) in [6.07, 6.45) is 0.868. The maximum absolute atomic E-state index is 11.7. The number of rotatable bonds is 2. The number of nitrogens with zero attached hydrogens (tertiary/aromatic N) is 1. The smallest absolute Gasteiger partial charge is 0.227 e. The predicted octanol–water partition coefficient (Wildman–Crippen LogP) is 0.884. The molecule has 1 aliphatic rings. The van der Waals surface area contributed by atoms with Crippen LogP contribution < -0.4 is 0 Å². The molecular weight excluding hydrogens is 198 g/mol. The van der Waals surface area contributed by atoms with Gasteiger partial charge in [-0.25, -0.2) is 0 Å². The number of amides is 1. The first-order chi connectivity index (χ1) is 6.75. The Morgan fingerprint density at radius 2 is 2.57 bits per heavy atom. The van der Waals surface area contributed by atoms with Crippen molar-refractivity contribution in [1.82, 2.24) is 4.90 Å². The molecule has 1 aromatic heterocycles. The molecule has 14 heavy (non-hydrogen) atoms. The fourth-order valence-electron chi connectivity index (χ4n) is 1.65. The summed E-state index contributed by atoms with van der Waals surface area (Å²) in [5, 5.41) is 13.2. The molecule has 1 saturated heterocycles. The summed E-state index contributed by atoms with van der Waals surface area (Å²) in [4.78, 5) is 13.4. The fourth-order valence-corrected chi connectivity index (χ4v) is 2.32. The third-order valence-electron chi connectivity index (χ3n) is 2.45. The molecule has 1 N–H and O–H groups in total. The molecule has 0 aromatic carbocycles. The lowest BCUT2D eigenvalue weighted by Crippen LogP contribution is -2.30. The van der Waals surface area contributed by atoms with Crippen molar-refractivity contribution in [3.05, 3.63) is 22.4 Å². The van der Waals surface area contributed by atoms with Gasteiger partial charge < -0.3 is 10.0 Å². The summed E-state index contributed by atoms with van der Waals surface area (Å²) >= 11 is 1.60. The third-order valence-corrected chi connectivity index (χ3v) is 3.18. The van der Waals surface area contributed by atoms with Crippen molar-refractivity contribution >= 4 is 17.2 Å². The van der Waals surface area contributed by atoms with Crippen LogP contribution in [0.1, 0.15) is 12.0 Å². The average molecular weight is 211 g/mol. The Labute approximate surface area is 87.0 Å². The van der Waals surface area contributed by atoms with E-state index in [4.69, 9.17) is 0 Å². The zero-order valence-corrected chi connectivity index (χ0v) is 8.67. The van der Waals surface area contributed by atoms with Crippen LogP contribution in [0.2, 0.25) is 0 Å². The van der Waals surface area contributed by atoms with E-state index in [1.54, 1.807) is 16.2 Å². The molecule has 0 saturated carbocycles. The molecule has 0 spiro atoms. The lowest BCUT2D eigenvalue weighted by atomic mass is 10.2. The van der Waals surface area contributed by atoms with Crippen molar-refractivity contribution in [2.75, 3.05) is 13.1 Å². The van der Waals surface area contributed by atoms with Crippen LogP contribution in [0, 0.1) is 0 Å². The highest BCUT2D eigenvalue weighted by molar-refractivity contribution is 7.07. The summed E-state index contributed by atoms with van der Waals surface area (Å²) in [6, 6.07) is 1.97. The zero-order valence-electron chi connectivity index (χ0n) is 7.85. The maximum atomic E-state index is 11.7. The quantitative estimate of drug-likeness (QED) is 0.789. The molecule has 2 rings (SSSR count). The highest BCUT2D eigenvalue weighted by atomic mass is 32.1. The minimum absolute atomic E-state index is 0.125. The van der Waals surface area contributed by atoms with Crippen LogP contribution in [-0.2, 0) is 11.2 Å². The summed E-state index contributed by atoms with van der Waals surface area (Å²) in [5.74, 6) is 0.125. The summed E-state index contributed by atoms with van der Waals surface area (Å²) in [7, 11) is 0. The van der Waals surface area contributed by atoms with Crippen molar-refractivity contribution in [3.8, 4) is 0 Å². The largest absolute Gasteiger partial charge is 0.391 e. The van der Waals surface area contributed by atoms with Gasteiger partial charge >= 0.3 is 0 Å². The van der Waals surface area contributed by atoms with Crippen molar-refractivity contribution in [3.63, 3.8) is 0 Å². The Morgan fingerprint density at radius 3 is 3.14 bits per heavy atom. The Bertz CT molecular complexity index is 310. The molecule has 0 radical (unpaired) electrons. The van der Waals surface area contributed by atoms with Gasteiger partial charge in [-0.1, -0.05) is 0 Å². The molecule has 1 amide bonds. The molecule has 1 fully saturated rings. The van der Waals surface area contributed by atoms with Gasteiger partial charge in [0.05, 0.1) is 12.5 Å². The lowest BCUT2D eigenvalue weighted by Gasteiger charge is -2.14. The molecule has 1 aliphatic heterocycles. The van der Waals surface area contributed by atoms with E-state index in [1.807, 2.05) is 16.8 Å². The average Bonchev–Trinajstić information content (AvgIpc) is 2.75. The van der Waals surface area contributed by atoms with Crippen LogP contribution in [0.15, 0.2) is 16.8 Å². The second-order valence-electron chi connectivity index (χ2n) is 3.59. The Balaban J connectivity index is 1.90. The second-order valence-corrected chi connectivity index (χ2v) is 4.37. The molecule has 0 unspecified atom stereocenters. The Hall–Kier alpha value is -0.870. The molecule has 4 heteroatoms. The van der Waals surface area contributed by atoms with Crippen molar-refractivity contribution < 1.29 is 9.90 Å². The van der Waals surface area contributed by atoms with Crippen molar-refractivity contribution in [2.24, 2.45) is 0 Å². The number of carbonyl (C=O) groups excluding carboxylic acids is 1. The molecule has 1 aromatic rings. The molecule has 3 nitrogen and oxygen atoms in total. The van der Waals surface area contributed by atoms with E-state index in [0.717, 1.165) is 12.0 Å². The van der Waals surface area contributed by atoms with E-state index < -0.39 is 0 Å². The highest BCUT2D eigenvalue weighted by Gasteiger charge is 2.24. The van der Waals surface area contributed by atoms with E-state index in [9.17, 15) is 9.90 Å². The van der Waals surface area contributed by atoms with Crippen LogP contribution in [0.3, 0.4) is 0 Å². The third kappa shape index (κ3) is 2.13. The number of likely N-dealkylation sites (tertiary alicyclic amines) is 1. The van der Waals surface area contributed by atoms with Gasteiger partial charge in [0, 0.05) is 13.1 Å². The number of carbonyl (C=O) groups is 1. The van der Waals surface area contributed by atoms with Gasteiger partial charge in [-0.3, -0.25) is 4.79 Å². The van der Waals surface area contributed by atoms with Gasteiger partial charge in [0.1, 0.15) is 0 Å². The number of hydrogen-bond donors (Lipinski definition) is 1. The standard InChI is InChI=1S/C10H13NO2S/c12-9-1-3-11(6-9)10(13)5-8-2-4-14-7-8/h2,4,7,9,12H,1,3,5-6H2/t9-/m1/s1. The SMILES string of the molecule is O=C(Cc1ccsc1)N1CC[C@@H](O)C1. The summed E-state index contributed by atoms with van der Waals surface area (Å²) in [6.45, 7) is 1.20. The number of β-amino-alcohol motifs (C(OH)–C–C–N with tert-alkyl or cyclic N) is 1. The number of aliphatic hydroxyl groups excluding tert-OH is 1. The molecule has 0 bridgehead atoms. The summed E-state index contributed by atoms with van der Waals surface area (Å²) in [5.41, 5.74) is 1.07. The monoisotopic (exact) mass is 211 g/mol. The molecule has 1 atom stereocenters. The van der Waals surface area contributed by atoms with E-state index in [1.165, 1.54) is 0 Å². The molecule has 0 aliphatic carbocycles. The van der Waals surface area contributed by atoms with Crippen LogP contribution in [0.4, 0.5) is 0 Å². The van der Waals surface area contributed by atoms with Crippen LogP contribution in [-0.4, -0.2) is 35.1 Å². The number of aliphatic hydroxyl groups is 1. The predicted molar refractivity (Wildman–Crippen MR) is 55.2 cm³/mol. The van der Waals surface area contributed by atoms with E-state index in [2.05, 4.69) is 0 Å². The lowest BCUT2D eigenvalue weighted by molar-refractivity contribution is -0.129. The maximum Gasteiger partial charge on any atom is 0.227 e. The van der Waals surface area contributed by atoms with Crippen LogP contribution >= 0.6 is 11.3 Å². The van der Waals surface area contributed by atoms with E-state index in [-0.39, 0.29) is 12.0 Å². The number of hydrogen-bond acceptors (Lipinski definition) is 3. The van der Waals surface area contributed by atoms with Gasteiger partial charge in [0.15, 0.2) is 0 Å². The Kier molecular flexibility index (Phi) is 2.84. The fraction of sp³-hybridized carbons (Fsp3) is 0.500. The van der Waals surface area contributed by atoms with Gasteiger partial charge in [-0.05, 0) is 28.8 Å². The van der Waals surface area contributed by atoms with E-state index in [0.29, 0.717) is 19.5 Å². The molecule has 76 valence electrons. The normalized spacial score (nSPS) is 21.5. The summed E-state index contributed by atoms with van der Waals surface area (Å²) < 4.78 is 0. The molecule has 2 heterocycles. The Morgan fingerprint density at radius 1 is 1.71 bits per heavy atom. The second kappa shape index (κ2) is 4.11. The van der Waals surface area contributed by atoms with Gasteiger partial charge in [-0.2, -0.15) is 11.3 Å². The van der Waals surface area contributed by atoms with Gasteiger partial charge in [-0.15, -0.1) is 0 Å². The minimum Gasteiger partial charge on any atom is -0.391 e. The van der Waals surface area contributed by atoms with Crippen LogP contribution in [0.5, 0.6) is 0 Å². The van der Waals surface area contributed by atoms with Crippen molar-refractivity contribution in [2.45, 2.75) is 18.9 Å². The number of thiophene rings is 1. The minimum atomic E-state index is -0.318. The first-order valence-corrected chi connectivity index (χ1v) is 5.67. The van der Waals surface area contributed by atoms with E-state index >= 15 is 0 Å². The van der Waals surface area contributed by atoms with Crippen molar-refractivity contribution in [1.29, 1.82) is 0 Å². The van der Waals surface area contributed by atoms with Gasteiger partial charge in [0.25, 0.3) is 0 Å².